The number of hydrogen-bond donors (Lipinski definition) is 3. The van der Waals surface area contributed by atoms with Crippen LogP contribution in [0.25, 0.3) is 10.9 Å². The smallest absolute Gasteiger partial charge is 0.128 e. The highest BCUT2D eigenvalue weighted by atomic mass is 35.5. The second-order valence-corrected chi connectivity index (χ2v) is 14.0. The number of nitrogens with zero attached hydrogens (tertiary/aromatic N) is 2. The van der Waals surface area contributed by atoms with Gasteiger partial charge in [0.1, 0.15) is 5.82 Å². The van der Waals surface area contributed by atoms with Crippen LogP contribution in [0.5, 0.6) is 0 Å². The molecule has 37 heavy (non-hydrogen) atoms. The van der Waals surface area contributed by atoms with Gasteiger partial charge in [-0.1, -0.05) is 32.4 Å². The lowest BCUT2D eigenvalue weighted by Gasteiger charge is -2.63. The highest BCUT2D eigenvalue weighted by molar-refractivity contribution is 6.31. The molecule has 11 atom stereocenters. The lowest BCUT2D eigenvalue weighted by Crippen LogP contribution is -2.62. The molecule has 6 rings (SSSR count). The number of aliphatic hydroxyl groups is 3. The van der Waals surface area contributed by atoms with Crippen LogP contribution in [0.15, 0.2) is 24.4 Å². The van der Waals surface area contributed by atoms with Crippen molar-refractivity contribution in [1.82, 2.24) is 9.97 Å². The van der Waals surface area contributed by atoms with E-state index in [4.69, 9.17) is 16.6 Å². The first kappa shape index (κ1) is 26.0. The molecule has 1 heterocycles. The Morgan fingerprint density at radius 2 is 1.86 bits per heavy atom. The third-order valence-electron chi connectivity index (χ3n) is 11.9. The molecule has 4 fully saturated rings. The van der Waals surface area contributed by atoms with E-state index < -0.39 is 0 Å². The first-order valence-corrected chi connectivity index (χ1v) is 14.9. The van der Waals surface area contributed by atoms with E-state index in [2.05, 4.69) is 25.8 Å². The summed E-state index contributed by atoms with van der Waals surface area (Å²) in [6.07, 6.45) is 9.27. The number of rotatable bonds is 4. The summed E-state index contributed by atoms with van der Waals surface area (Å²) in [6, 6.07) is 5.73. The van der Waals surface area contributed by atoms with Crippen LogP contribution in [0.3, 0.4) is 0 Å². The molecule has 0 spiro atoms. The predicted molar refractivity (Wildman–Crippen MR) is 146 cm³/mol. The number of halogens is 1. The molecule has 0 saturated heterocycles. The molecule has 0 bridgehead atoms. The normalized spacial score (nSPS) is 44.2. The van der Waals surface area contributed by atoms with Crippen molar-refractivity contribution in [3.05, 3.63) is 35.2 Å². The van der Waals surface area contributed by atoms with Crippen LogP contribution < -0.4 is 0 Å². The molecule has 1 aromatic carbocycles. The standard InChI is InChI=1S/C31H43ClN2O3/c1-17(4-9-28-33-16-18-12-20(32)5-8-25(18)34-28)22-6-7-23-29-24(15-27(37)31(22,23)3)30(2)11-10-21(35)13-19(30)14-26(29)36/h5,8,12,16-17,19,21-24,26-27,29,35-37H,4,6-7,9-11,13-15H2,1-3H3/t17-,19+,21-,22-,23+,24?,26-,27+,29+,30+,31-/m1/s1. The summed E-state index contributed by atoms with van der Waals surface area (Å²) >= 11 is 6.11. The Morgan fingerprint density at radius 3 is 2.68 bits per heavy atom. The highest BCUT2D eigenvalue weighted by Crippen LogP contribution is 2.68. The van der Waals surface area contributed by atoms with Crippen molar-refractivity contribution in [3.8, 4) is 0 Å². The predicted octanol–water partition coefficient (Wildman–Crippen LogP) is 5.81. The molecule has 0 aliphatic heterocycles. The van der Waals surface area contributed by atoms with E-state index in [0.29, 0.717) is 34.6 Å². The third-order valence-corrected chi connectivity index (χ3v) is 12.2. The van der Waals surface area contributed by atoms with Gasteiger partial charge in [-0.15, -0.1) is 0 Å². The second-order valence-electron chi connectivity index (χ2n) is 13.5. The van der Waals surface area contributed by atoms with Crippen LogP contribution in [0.4, 0.5) is 0 Å². The Bertz CT molecular complexity index is 1160. The van der Waals surface area contributed by atoms with Crippen LogP contribution in [0, 0.1) is 46.3 Å². The van der Waals surface area contributed by atoms with Gasteiger partial charge in [-0.3, -0.25) is 0 Å². The van der Waals surface area contributed by atoms with Gasteiger partial charge in [-0.25, -0.2) is 9.97 Å². The molecule has 4 aliphatic carbocycles. The summed E-state index contributed by atoms with van der Waals surface area (Å²) in [5, 5.41) is 35.3. The summed E-state index contributed by atoms with van der Waals surface area (Å²) in [6.45, 7) is 7.07. The minimum Gasteiger partial charge on any atom is -0.393 e. The van der Waals surface area contributed by atoms with Gasteiger partial charge in [0, 0.05) is 23.0 Å². The van der Waals surface area contributed by atoms with Crippen LogP contribution in [0.1, 0.15) is 78.0 Å². The Morgan fingerprint density at radius 1 is 1.05 bits per heavy atom. The molecule has 3 N–H and O–H groups in total. The zero-order valence-electron chi connectivity index (χ0n) is 22.5. The molecular weight excluding hydrogens is 484 g/mol. The van der Waals surface area contributed by atoms with Crippen molar-refractivity contribution in [2.24, 2.45) is 46.3 Å². The van der Waals surface area contributed by atoms with E-state index in [0.717, 1.165) is 74.5 Å². The average Bonchev–Trinajstić information content (AvgIpc) is 3.22. The maximum atomic E-state index is 11.8. The van der Waals surface area contributed by atoms with E-state index in [9.17, 15) is 15.3 Å². The number of aromatic nitrogens is 2. The third kappa shape index (κ3) is 4.15. The highest BCUT2D eigenvalue weighted by Gasteiger charge is 2.65. The fourth-order valence-corrected chi connectivity index (χ4v) is 10.0. The lowest BCUT2D eigenvalue weighted by molar-refractivity contribution is -0.207. The van der Waals surface area contributed by atoms with Gasteiger partial charge in [0.15, 0.2) is 0 Å². The zero-order chi connectivity index (χ0) is 26.1. The fraction of sp³-hybridized carbons (Fsp3) is 0.742. The van der Waals surface area contributed by atoms with Crippen molar-refractivity contribution >= 4 is 22.5 Å². The van der Waals surface area contributed by atoms with E-state index in [1.165, 1.54) is 0 Å². The van der Waals surface area contributed by atoms with Crippen LogP contribution in [-0.2, 0) is 6.42 Å². The maximum absolute atomic E-state index is 11.8. The van der Waals surface area contributed by atoms with Gasteiger partial charge in [-0.05, 0) is 116 Å². The van der Waals surface area contributed by atoms with Gasteiger partial charge in [0.25, 0.3) is 0 Å². The topological polar surface area (TPSA) is 86.5 Å². The van der Waals surface area contributed by atoms with E-state index >= 15 is 0 Å². The average molecular weight is 527 g/mol. The second kappa shape index (κ2) is 9.43. The van der Waals surface area contributed by atoms with E-state index in [1.54, 1.807) is 0 Å². The Balaban J connectivity index is 1.19. The van der Waals surface area contributed by atoms with Crippen molar-refractivity contribution < 1.29 is 15.3 Å². The van der Waals surface area contributed by atoms with Crippen molar-refractivity contribution in [2.45, 2.75) is 96.9 Å². The van der Waals surface area contributed by atoms with E-state index in [1.807, 2.05) is 24.4 Å². The van der Waals surface area contributed by atoms with Crippen LogP contribution in [-0.4, -0.2) is 43.6 Å². The Hall–Kier alpha value is -1.27. The summed E-state index contributed by atoms with van der Waals surface area (Å²) in [5.41, 5.74) is 0.879. The summed E-state index contributed by atoms with van der Waals surface area (Å²) in [4.78, 5) is 9.38. The molecule has 1 aromatic heterocycles. The van der Waals surface area contributed by atoms with Crippen molar-refractivity contribution in [2.75, 3.05) is 0 Å². The van der Waals surface area contributed by atoms with Gasteiger partial charge in [-0.2, -0.15) is 0 Å². The number of benzene rings is 1. The van der Waals surface area contributed by atoms with Crippen molar-refractivity contribution in [3.63, 3.8) is 0 Å². The van der Waals surface area contributed by atoms with Gasteiger partial charge in [0.05, 0.1) is 23.8 Å². The lowest BCUT2D eigenvalue weighted by atomic mass is 9.43. The zero-order valence-corrected chi connectivity index (χ0v) is 23.2. The number of hydrogen-bond acceptors (Lipinski definition) is 5. The first-order chi connectivity index (χ1) is 17.6. The molecular formula is C31H43ClN2O3. The molecule has 0 amide bonds. The number of fused-ring (bicyclic) bond motifs is 6. The largest absolute Gasteiger partial charge is 0.393 e. The molecule has 6 heteroatoms. The maximum Gasteiger partial charge on any atom is 0.128 e. The Labute approximate surface area is 226 Å². The molecule has 4 aliphatic rings. The quantitative estimate of drug-likeness (QED) is 0.467. The summed E-state index contributed by atoms with van der Waals surface area (Å²) < 4.78 is 0. The summed E-state index contributed by atoms with van der Waals surface area (Å²) in [7, 11) is 0. The minimum absolute atomic E-state index is 0.118. The minimum atomic E-state index is -0.343. The fourth-order valence-electron chi connectivity index (χ4n) is 9.85. The number of aryl methyl sites for hydroxylation is 1. The van der Waals surface area contributed by atoms with Gasteiger partial charge < -0.3 is 15.3 Å². The molecule has 1 unspecified atom stereocenters. The molecule has 0 radical (unpaired) electrons. The molecule has 5 nitrogen and oxygen atoms in total. The molecule has 2 aromatic rings. The number of aliphatic hydroxyl groups excluding tert-OH is 3. The SMILES string of the molecule is C[C@H](CCc1ncc2cc(Cl)ccc2n1)[C@H]1CC[C@H]2[C@H]3C(C[C@H](O)[C@]12C)[C@@]1(C)CC[C@@H](O)C[C@H]1C[C@H]3O. The van der Waals surface area contributed by atoms with Gasteiger partial charge in [0.2, 0.25) is 0 Å². The monoisotopic (exact) mass is 526 g/mol. The summed E-state index contributed by atoms with van der Waals surface area (Å²) in [5.74, 6) is 3.06. The molecule has 202 valence electrons. The first-order valence-electron chi connectivity index (χ1n) is 14.6. The Kier molecular flexibility index (Phi) is 6.62. The molecule has 4 saturated carbocycles. The van der Waals surface area contributed by atoms with E-state index in [-0.39, 0.29) is 35.1 Å². The van der Waals surface area contributed by atoms with Crippen molar-refractivity contribution in [1.29, 1.82) is 0 Å². The van der Waals surface area contributed by atoms with Gasteiger partial charge >= 0.3 is 0 Å². The van der Waals surface area contributed by atoms with Crippen LogP contribution in [0.2, 0.25) is 5.02 Å². The van der Waals surface area contributed by atoms with Crippen LogP contribution >= 0.6 is 11.6 Å².